The lowest BCUT2D eigenvalue weighted by Crippen LogP contribution is -2.51. The number of sulfonamides is 1. The SMILES string of the molecule is O=C(CN1CCN(S(=O)(=O)c2cccnc2)CC1)NCCc1ccc(F)cc1. The number of benzene rings is 1. The lowest BCUT2D eigenvalue weighted by Gasteiger charge is -2.33. The van der Waals surface area contributed by atoms with Gasteiger partial charge in [-0.3, -0.25) is 14.7 Å². The van der Waals surface area contributed by atoms with Crippen LogP contribution in [0.5, 0.6) is 0 Å². The van der Waals surface area contributed by atoms with E-state index in [4.69, 9.17) is 0 Å². The van der Waals surface area contributed by atoms with Crippen LogP contribution in [0.15, 0.2) is 53.7 Å². The molecule has 9 heteroatoms. The smallest absolute Gasteiger partial charge is 0.244 e. The quantitative estimate of drug-likeness (QED) is 0.738. The first kappa shape index (κ1) is 20.4. The molecule has 2 aromatic rings. The highest BCUT2D eigenvalue weighted by molar-refractivity contribution is 7.89. The number of carbonyl (C=O) groups excluding carboxylic acids is 1. The number of hydrogen-bond donors (Lipinski definition) is 1. The average Bonchev–Trinajstić information content (AvgIpc) is 2.70. The zero-order chi connectivity index (χ0) is 20.0. The van der Waals surface area contributed by atoms with Gasteiger partial charge in [0, 0.05) is 45.1 Å². The minimum atomic E-state index is -3.54. The number of nitrogens with zero attached hydrogens (tertiary/aromatic N) is 3. The van der Waals surface area contributed by atoms with Crippen molar-refractivity contribution in [1.82, 2.24) is 19.5 Å². The van der Waals surface area contributed by atoms with Gasteiger partial charge in [0.1, 0.15) is 10.7 Å². The third-order valence-corrected chi connectivity index (χ3v) is 6.50. The van der Waals surface area contributed by atoms with Gasteiger partial charge in [-0.05, 0) is 36.2 Å². The summed E-state index contributed by atoms with van der Waals surface area (Å²) in [7, 11) is -3.54. The zero-order valence-electron chi connectivity index (χ0n) is 15.4. The number of halogens is 1. The maximum atomic E-state index is 12.9. The normalized spacial score (nSPS) is 16.0. The molecule has 1 amide bonds. The van der Waals surface area contributed by atoms with Crippen LogP contribution in [0.1, 0.15) is 5.56 Å². The van der Waals surface area contributed by atoms with E-state index in [-0.39, 0.29) is 23.2 Å². The van der Waals surface area contributed by atoms with Crippen molar-refractivity contribution in [3.8, 4) is 0 Å². The summed E-state index contributed by atoms with van der Waals surface area (Å²) in [4.78, 5) is 18.1. The van der Waals surface area contributed by atoms with Gasteiger partial charge in [0.25, 0.3) is 0 Å². The van der Waals surface area contributed by atoms with Crippen LogP contribution in [0, 0.1) is 5.82 Å². The Bertz CT molecular complexity index is 883. The molecular weight excluding hydrogens is 383 g/mol. The zero-order valence-corrected chi connectivity index (χ0v) is 16.2. The maximum Gasteiger partial charge on any atom is 0.244 e. The van der Waals surface area contributed by atoms with E-state index in [1.165, 1.54) is 34.9 Å². The highest BCUT2D eigenvalue weighted by Gasteiger charge is 2.29. The van der Waals surface area contributed by atoms with Crippen LogP contribution in [0.3, 0.4) is 0 Å². The van der Waals surface area contributed by atoms with Gasteiger partial charge in [0.05, 0.1) is 6.54 Å². The second kappa shape index (κ2) is 9.22. The highest BCUT2D eigenvalue weighted by Crippen LogP contribution is 2.16. The predicted octanol–water partition coefficient (Wildman–Crippen LogP) is 0.886. The van der Waals surface area contributed by atoms with Crippen LogP contribution in [-0.2, 0) is 21.2 Å². The standard InChI is InChI=1S/C19H23FN4O3S/c20-17-5-3-16(4-6-17)7-9-22-19(25)15-23-10-12-24(13-11-23)28(26,27)18-2-1-8-21-14-18/h1-6,8,14H,7,9-13,15H2,(H,22,25). The van der Waals surface area contributed by atoms with Crippen molar-refractivity contribution in [2.45, 2.75) is 11.3 Å². The summed E-state index contributed by atoms with van der Waals surface area (Å²) in [6.07, 6.45) is 3.51. The molecule has 0 bridgehead atoms. The molecule has 0 saturated carbocycles. The fourth-order valence-corrected chi connectivity index (χ4v) is 4.42. The average molecular weight is 406 g/mol. The third-order valence-electron chi connectivity index (χ3n) is 4.62. The molecule has 0 radical (unpaired) electrons. The Hall–Kier alpha value is -2.36. The number of rotatable bonds is 7. The summed E-state index contributed by atoms with van der Waals surface area (Å²) in [5.41, 5.74) is 0.955. The number of hydrogen-bond acceptors (Lipinski definition) is 5. The van der Waals surface area contributed by atoms with Crippen LogP contribution in [0.2, 0.25) is 0 Å². The van der Waals surface area contributed by atoms with E-state index in [1.807, 2.05) is 4.90 Å². The van der Waals surface area contributed by atoms with Crippen LogP contribution < -0.4 is 5.32 Å². The van der Waals surface area contributed by atoms with Crippen molar-refractivity contribution in [1.29, 1.82) is 0 Å². The van der Waals surface area contributed by atoms with Crippen molar-refractivity contribution < 1.29 is 17.6 Å². The number of amides is 1. The van der Waals surface area contributed by atoms with Crippen LogP contribution in [-0.4, -0.2) is 67.8 Å². The predicted molar refractivity (Wildman–Crippen MR) is 103 cm³/mol. The van der Waals surface area contributed by atoms with Crippen LogP contribution in [0.4, 0.5) is 4.39 Å². The molecule has 0 atom stereocenters. The molecule has 2 heterocycles. The molecule has 1 aromatic carbocycles. The first-order valence-electron chi connectivity index (χ1n) is 9.09. The van der Waals surface area contributed by atoms with Gasteiger partial charge in [-0.2, -0.15) is 4.31 Å². The van der Waals surface area contributed by atoms with E-state index >= 15 is 0 Å². The molecule has 150 valence electrons. The van der Waals surface area contributed by atoms with E-state index in [9.17, 15) is 17.6 Å². The van der Waals surface area contributed by atoms with E-state index in [0.717, 1.165) is 5.56 Å². The molecule has 28 heavy (non-hydrogen) atoms. The fraction of sp³-hybridized carbons (Fsp3) is 0.368. The Labute approximate surface area is 164 Å². The summed E-state index contributed by atoms with van der Waals surface area (Å²) in [6, 6.07) is 9.32. The second-order valence-corrected chi connectivity index (χ2v) is 8.53. The largest absolute Gasteiger partial charge is 0.355 e. The van der Waals surface area contributed by atoms with E-state index in [0.29, 0.717) is 39.1 Å². The lowest BCUT2D eigenvalue weighted by molar-refractivity contribution is -0.122. The molecule has 1 saturated heterocycles. The van der Waals surface area contributed by atoms with E-state index in [1.54, 1.807) is 18.2 Å². The van der Waals surface area contributed by atoms with Gasteiger partial charge < -0.3 is 5.32 Å². The lowest BCUT2D eigenvalue weighted by atomic mass is 10.1. The van der Waals surface area contributed by atoms with Crippen molar-refractivity contribution in [3.63, 3.8) is 0 Å². The van der Waals surface area contributed by atoms with Crippen molar-refractivity contribution in [2.24, 2.45) is 0 Å². The molecule has 1 aromatic heterocycles. The van der Waals surface area contributed by atoms with Crippen molar-refractivity contribution >= 4 is 15.9 Å². The Morgan fingerprint density at radius 3 is 2.46 bits per heavy atom. The summed E-state index contributed by atoms with van der Waals surface area (Å²) in [5.74, 6) is -0.386. The highest BCUT2D eigenvalue weighted by atomic mass is 32.2. The number of pyridine rings is 1. The molecule has 0 spiro atoms. The third kappa shape index (κ3) is 5.34. The fourth-order valence-electron chi connectivity index (χ4n) is 3.03. The number of nitrogens with one attached hydrogen (secondary N) is 1. The Morgan fingerprint density at radius 2 is 1.82 bits per heavy atom. The molecule has 0 unspecified atom stereocenters. The second-order valence-electron chi connectivity index (χ2n) is 6.60. The van der Waals surface area contributed by atoms with Crippen molar-refractivity contribution in [2.75, 3.05) is 39.3 Å². The van der Waals surface area contributed by atoms with E-state index < -0.39 is 10.0 Å². The monoisotopic (exact) mass is 406 g/mol. The Balaban J connectivity index is 1.41. The molecular formula is C19H23FN4O3S. The summed E-state index contributed by atoms with van der Waals surface area (Å²) in [5, 5.41) is 2.85. The van der Waals surface area contributed by atoms with Crippen molar-refractivity contribution in [3.05, 3.63) is 60.2 Å². The van der Waals surface area contributed by atoms with Crippen LogP contribution in [0.25, 0.3) is 0 Å². The van der Waals surface area contributed by atoms with Gasteiger partial charge in [0.2, 0.25) is 15.9 Å². The van der Waals surface area contributed by atoms with Gasteiger partial charge in [-0.25, -0.2) is 12.8 Å². The summed E-state index contributed by atoms with van der Waals surface area (Å²) >= 11 is 0. The first-order valence-corrected chi connectivity index (χ1v) is 10.5. The summed E-state index contributed by atoms with van der Waals surface area (Å²) < 4.78 is 39.5. The Kier molecular flexibility index (Phi) is 6.71. The number of aromatic nitrogens is 1. The van der Waals surface area contributed by atoms with Gasteiger partial charge in [-0.1, -0.05) is 12.1 Å². The van der Waals surface area contributed by atoms with E-state index in [2.05, 4.69) is 10.3 Å². The minimum absolute atomic E-state index is 0.106. The molecule has 1 fully saturated rings. The minimum Gasteiger partial charge on any atom is -0.355 e. The van der Waals surface area contributed by atoms with Gasteiger partial charge in [0.15, 0.2) is 0 Å². The molecule has 1 aliphatic heterocycles. The first-order chi connectivity index (χ1) is 13.4. The molecule has 3 rings (SSSR count). The molecule has 1 N–H and O–H groups in total. The van der Waals surface area contributed by atoms with Crippen LogP contribution >= 0.6 is 0 Å². The molecule has 0 aliphatic carbocycles. The Morgan fingerprint density at radius 1 is 1.11 bits per heavy atom. The van der Waals surface area contributed by atoms with Gasteiger partial charge in [-0.15, -0.1) is 0 Å². The molecule has 1 aliphatic rings. The number of carbonyl (C=O) groups is 1. The molecule has 7 nitrogen and oxygen atoms in total. The topological polar surface area (TPSA) is 82.6 Å². The van der Waals surface area contributed by atoms with Gasteiger partial charge >= 0.3 is 0 Å². The summed E-state index contributed by atoms with van der Waals surface area (Å²) in [6.45, 7) is 2.35. The maximum absolute atomic E-state index is 12.9. The number of piperazine rings is 1.